The van der Waals surface area contributed by atoms with Gasteiger partial charge >= 0.3 is 6.18 Å². The number of primary sulfonamides is 1. The van der Waals surface area contributed by atoms with Crippen LogP contribution in [-0.4, -0.2) is 14.3 Å². The highest BCUT2D eigenvalue weighted by Crippen LogP contribution is 2.35. The predicted molar refractivity (Wildman–Crippen MR) is 86.6 cm³/mol. The number of halogens is 4. The van der Waals surface area contributed by atoms with Crippen LogP contribution in [0, 0.1) is 0 Å². The lowest BCUT2D eigenvalue weighted by Gasteiger charge is -2.15. The lowest BCUT2D eigenvalue weighted by Crippen LogP contribution is -2.19. The number of alkyl halides is 3. The van der Waals surface area contributed by atoms with Crippen LogP contribution in [0.15, 0.2) is 41.3 Å². The molecule has 1 amide bonds. The summed E-state index contributed by atoms with van der Waals surface area (Å²) < 4.78 is 61.8. The van der Waals surface area contributed by atoms with E-state index in [0.29, 0.717) is 0 Å². The molecule has 0 fully saturated rings. The molecule has 0 aliphatic carbocycles. The normalized spacial score (nSPS) is 12.0. The van der Waals surface area contributed by atoms with Gasteiger partial charge < -0.3 is 11.1 Å². The number of benzene rings is 2. The molecule has 0 saturated carbocycles. The Bertz CT molecular complexity index is 946. The lowest BCUT2D eigenvalue weighted by atomic mass is 10.1. The molecule has 0 radical (unpaired) electrons. The van der Waals surface area contributed by atoms with Crippen LogP contribution in [0.4, 0.5) is 24.5 Å². The van der Waals surface area contributed by atoms with Gasteiger partial charge in [-0.25, -0.2) is 13.6 Å². The summed E-state index contributed by atoms with van der Waals surface area (Å²) >= 11 is 5.72. The van der Waals surface area contributed by atoms with E-state index in [9.17, 15) is 26.4 Å². The predicted octanol–water partition coefficient (Wildman–Crippen LogP) is 2.84. The average Bonchev–Trinajstić information content (AvgIpc) is 2.45. The van der Waals surface area contributed by atoms with Crippen molar-refractivity contribution in [1.82, 2.24) is 0 Å². The monoisotopic (exact) mass is 393 g/mol. The molecule has 0 aliphatic heterocycles. The number of nitrogens with one attached hydrogen (secondary N) is 1. The zero-order valence-electron chi connectivity index (χ0n) is 12.3. The van der Waals surface area contributed by atoms with Crippen molar-refractivity contribution in [1.29, 1.82) is 0 Å². The molecule has 134 valence electrons. The van der Waals surface area contributed by atoms with Gasteiger partial charge in [0.25, 0.3) is 5.91 Å². The van der Waals surface area contributed by atoms with Crippen molar-refractivity contribution in [3.63, 3.8) is 0 Å². The Hall–Kier alpha value is -2.30. The quantitative estimate of drug-likeness (QED) is 0.695. The van der Waals surface area contributed by atoms with Crippen LogP contribution < -0.4 is 16.2 Å². The maximum Gasteiger partial charge on any atom is 0.418 e. The van der Waals surface area contributed by atoms with Crippen LogP contribution in [-0.2, 0) is 16.2 Å². The third kappa shape index (κ3) is 4.21. The molecule has 0 aromatic heterocycles. The number of rotatable bonds is 3. The average molecular weight is 394 g/mol. The van der Waals surface area contributed by atoms with Crippen molar-refractivity contribution < 1.29 is 26.4 Å². The lowest BCUT2D eigenvalue weighted by molar-refractivity contribution is -0.136. The maximum atomic E-state index is 13.0. The Kier molecular flexibility index (Phi) is 4.98. The molecule has 0 spiro atoms. The van der Waals surface area contributed by atoms with E-state index in [-0.39, 0.29) is 16.3 Å². The molecule has 6 nitrogen and oxygen atoms in total. The van der Waals surface area contributed by atoms with Crippen LogP contribution in [0.2, 0.25) is 5.02 Å². The molecule has 0 aliphatic rings. The minimum absolute atomic E-state index is 0.223. The van der Waals surface area contributed by atoms with E-state index in [2.05, 4.69) is 5.32 Å². The molecule has 2 rings (SSSR count). The van der Waals surface area contributed by atoms with E-state index in [1.807, 2.05) is 0 Å². The van der Waals surface area contributed by atoms with E-state index in [0.717, 1.165) is 30.3 Å². The third-order valence-corrected chi connectivity index (χ3v) is 4.51. The number of nitrogens with two attached hydrogens (primary N) is 2. The highest BCUT2D eigenvalue weighted by Gasteiger charge is 2.33. The van der Waals surface area contributed by atoms with E-state index in [1.54, 1.807) is 0 Å². The Balaban J connectivity index is 2.47. The highest BCUT2D eigenvalue weighted by atomic mass is 35.5. The van der Waals surface area contributed by atoms with Crippen LogP contribution in [0.1, 0.15) is 15.9 Å². The number of nitrogen functional groups attached to an aromatic ring is 1. The number of anilines is 2. The van der Waals surface area contributed by atoms with Crippen LogP contribution >= 0.6 is 11.6 Å². The number of para-hydroxylation sites is 1. The molecular formula is C14H11ClF3N3O3S. The molecular weight excluding hydrogens is 383 g/mol. The van der Waals surface area contributed by atoms with Crippen molar-refractivity contribution in [2.75, 3.05) is 11.1 Å². The fourth-order valence-corrected chi connectivity index (χ4v) is 3.12. The summed E-state index contributed by atoms with van der Waals surface area (Å²) in [5.41, 5.74) is 3.43. The highest BCUT2D eigenvalue weighted by molar-refractivity contribution is 7.89. The largest absolute Gasteiger partial charge is 0.418 e. The molecule has 5 N–H and O–H groups in total. The van der Waals surface area contributed by atoms with Crippen LogP contribution in [0.25, 0.3) is 0 Å². The second-order valence-corrected chi connectivity index (χ2v) is 6.85. The zero-order chi connectivity index (χ0) is 19.0. The SMILES string of the molecule is Nc1cc(Cl)c(S(N)(=O)=O)cc1C(=O)Nc1ccccc1C(F)(F)F. The van der Waals surface area contributed by atoms with Crippen LogP contribution in [0.5, 0.6) is 0 Å². The van der Waals surface area contributed by atoms with E-state index in [1.165, 1.54) is 6.07 Å². The number of sulfonamides is 1. The van der Waals surface area contributed by atoms with Crippen molar-refractivity contribution in [3.8, 4) is 0 Å². The first-order chi connectivity index (χ1) is 11.4. The topological polar surface area (TPSA) is 115 Å². The van der Waals surface area contributed by atoms with Crippen molar-refractivity contribution in [2.24, 2.45) is 5.14 Å². The van der Waals surface area contributed by atoms with Gasteiger partial charge in [0.05, 0.1) is 21.8 Å². The molecule has 0 atom stereocenters. The molecule has 11 heteroatoms. The molecule has 2 aromatic rings. The molecule has 0 unspecified atom stereocenters. The smallest absolute Gasteiger partial charge is 0.398 e. The molecule has 0 saturated heterocycles. The fourth-order valence-electron chi connectivity index (χ4n) is 2.01. The summed E-state index contributed by atoms with van der Waals surface area (Å²) in [7, 11) is -4.26. The van der Waals surface area contributed by atoms with Gasteiger partial charge in [0.1, 0.15) is 4.90 Å². The summed E-state index contributed by atoms with van der Waals surface area (Å²) in [5, 5.41) is 6.72. The Morgan fingerprint density at radius 1 is 1.16 bits per heavy atom. The summed E-state index contributed by atoms with van der Waals surface area (Å²) in [5.74, 6) is -1.05. The first-order valence-corrected chi connectivity index (χ1v) is 8.43. The van der Waals surface area contributed by atoms with Crippen molar-refractivity contribution >= 4 is 38.9 Å². The third-order valence-electron chi connectivity index (χ3n) is 3.14. The van der Waals surface area contributed by atoms with E-state index < -0.39 is 38.3 Å². The Morgan fingerprint density at radius 3 is 2.32 bits per heavy atom. The first-order valence-electron chi connectivity index (χ1n) is 6.50. The number of carbonyl (C=O) groups excluding carboxylic acids is 1. The standard InChI is InChI=1S/C14H11ClF3N3O3S/c15-9-6-10(19)7(5-12(9)25(20,23)24)13(22)21-11-4-2-1-3-8(11)14(16,17)18/h1-6H,19H2,(H,21,22)(H2,20,23,24). The zero-order valence-corrected chi connectivity index (χ0v) is 13.8. The molecule has 2 aromatic carbocycles. The van der Waals surface area contributed by atoms with Gasteiger partial charge in [0, 0.05) is 5.69 Å². The molecule has 0 heterocycles. The second kappa shape index (κ2) is 6.54. The fraction of sp³-hybridized carbons (Fsp3) is 0.0714. The maximum absolute atomic E-state index is 13.0. The van der Waals surface area contributed by atoms with E-state index in [4.69, 9.17) is 22.5 Å². The minimum atomic E-state index is -4.69. The number of carbonyl (C=O) groups is 1. The van der Waals surface area contributed by atoms with Gasteiger partial charge in [0.15, 0.2) is 0 Å². The van der Waals surface area contributed by atoms with Crippen molar-refractivity contribution in [3.05, 3.63) is 52.5 Å². The second-order valence-electron chi connectivity index (χ2n) is 4.91. The summed E-state index contributed by atoms with van der Waals surface area (Å²) in [6, 6.07) is 6.08. The summed E-state index contributed by atoms with van der Waals surface area (Å²) in [6.45, 7) is 0. The summed E-state index contributed by atoms with van der Waals surface area (Å²) in [6.07, 6.45) is -4.69. The van der Waals surface area contributed by atoms with Gasteiger partial charge in [0.2, 0.25) is 10.0 Å². The van der Waals surface area contributed by atoms with Gasteiger partial charge in [-0.3, -0.25) is 4.79 Å². The van der Waals surface area contributed by atoms with Gasteiger partial charge in [-0.1, -0.05) is 23.7 Å². The van der Waals surface area contributed by atoms with Crippen LogP contribution in [0.3, 0.4) is 0 Å². The van der Waals surface area contributed by atoms with Crippen molar-refractivity contribution in [2.45, 2.75) is 11.1 Å². The summed E-state index contributed by atoms with van der Waals surface area (Å²) in [4.78, 5) is 11.7. The number of hydrogen-bond acceptors (Lipinski definition) is 4. The Morgan fingerprint density at radius 2 is 1.76 bits per heavy atom. The van der Waals surface area contributed by atoms with Gasteiger partial charge in [-0.15, -0.1) is 0 Å². The number of hydrogen-bond donors (Lipinski definition) is 3. The van der Waals surface area contributed by atoms with E-state index >= 15 is 0 Å². The van der Waals surface area contributed by atoms with Gasteiger partial charge in [-0.05, 0) is 24.3 Å². The molecule has 25 heavy (non-hydrogen) atoms. The Labute approximate surface area is 145 Å². The first kappa shape index (κ1) is 19.0. The van der Waals surface area contributed by atoms with Gasteiger partial charge in [-0.2, -0.15) is 13.2 Å². The number of amides is 1. The molecule has 0 bridgehead atoms. The minimum Gasteiger partial charge on any atom is -0.398 e.